The highest BCUT2D eigenvalue weighted by Gasteiger charge is 2.27. The van der Waals surface area contributed by atoms with E-state index in [-0.39, 0.29) is 0 Å². The van der Waals surface area contributed by atoms with Gasteiger partial charge in [-0.15, -0.1) is 0 Å². The van der Waals surface area contributed by atoms with Gasteiger partial charge in [0.2, 0.25) is 0 Å². The van der Waals surface area contributed by atoms with Gasteiger partial charge >= 0.3 is 0 Å². The maximum atomic E-state index is 4.65. The Kier molecular flexibility index (Phi) is 4.97. The van der Waals surface area contributed by atoms with Crippen molar-refractivity contribution in [3.05, 3.63) is 17.6 Å². The number of anilines is 1. The van der Waals surface area contributed by atoms with Gasteiger partial charge in [-0.1, -0.05) is 13.8 Å². The zero-order valence-electron chi connectivity index (χ0n) is 14.4. The highest BCUT2D eigenvalue weighted by Crippen LogP contribution is 2.28. The van der Waals surface area contributed by atoms with Gasteiger partial charge in [0.15, 0.2) is 0 Å². The number of rotatable bonds is 3. The summed E-state index contributed by atoms with van der Waals surface area (Å²) in [5.41, 5.74) is 1.16. The van der Waals surface area contributed by atoms with Gasteiger partial charge in [-0.3, -0.25) is 4.90 Å². The van der Waals surface area contributed by atoms with Crippen LogP contribution >= 0.6 is 0 Å². The van der Waals surface area contributed by atoms with E-state index in [4.69, 9.17) is 0 Å². The van der Waals surface area contributed by atoms with Gasteiger partial charge in [-0.2, -0.15) is 0 Å². The lowest BCUT2D eigenvalue weighted by molar-refractivity contribution is 0.132. The number of aromatic nitrogens is 2. The minimum absolute atomic E-state index is 0.830. The van der Waals surface area contributed by atoms with Crippen molar-refractivity contribution >= 4 is 5.82 Å². The fourth-order valence-electron chi connectivity index (χ4n) is 3.88. The summed E-state index contributed by atoms with van der Waals surface area (Å²) in [7, 11) is 0. The lowest BCUT2D eigenvalue weighted by atomic mass is 9.86. The molecule has 22 heavy (non-hydrogen) atoms. The van der Waals surface area contributed by atoms with E-state index in [2.05, 4.69) is 39.7 Å². The normalized spacial score (nSPS) is 27.1. The van der Waals surface area contributed by atoms with Crippen LogP contribution in [0.1, 0.15) is 51.0 Å². The number of aryl methyl sites for hydroxylation is 2. The third-order valence-corrected chi connectivity index (χ3v) is 5.38. The molecular weight excluding hydrogens is 272 g/mol. The van der Waals surface area contributed by atoms with E-state index < -0.39 is 0 Å². The minimum Gasteiger partial charge on any atom is -0.354 e. The molecular formula is C18H30N4. The van der Waals surface area contributed by atoms with Crippen molar-refractivity contribution in [1.82, 2.24) is 14.9 Å². The molecule has 1 aromatic rings. The van der Waals surface area contributed by atoms with Crippen LogP contribution in [0.25, 0.3) is 0 Å². The van der Waals surface area contributed by atoms with Crippen LogP contribution in [0.2, 0.25) is 0 Å². The molecule has 1 aliphatic heterocycles. The van der Waals surface area contributed by atoms with Crippen LogP contribution in [-0.2, 0) is 6.42 Å². The molecule has 0 bridgehead atoms. The monoisotopic (exact) mass is 302 g/mol. The summed E-state index contributed by atoms with van der Waals surface area (Å²) < 4.78 is 0. The van der Waals surface area contributed by atoms with Crippen molar-refractivity contribution in [2.45, 2.75) is 58.9 Å². The van der Waals surface area contributed by atoms with Crippen LogP contribution in [0.5, 0.6) is 0 Å². The summed E-state index contributed by atoms with van der Waals surface area (Å²) in [5, 5.41) is 0. The number of hydrogen-bond donors (Lipinski definition) is 0. The lowest BCUT2D eigenvalue weighted by Gasteiger charge is -2.42. The number of piperazine rings is 1. The highest BCUT2D eigenvalue weighted by molar-refractivity contribution is 5.40. The molecule has 0 radical (unpaired) electrons. The molecule has 0 N–H and O–H groups in total. The Morgan fingerprint density at radius 3 is 2.36 bits per heavy atom. The van der Waals surface area contributed by atoms with Crippen LogP contribution in [-0.4, -0.2) is 47.1 Å². The first kappa shape index (κ1) is 15.7. The third-order valence-electron chi connectivity index (χ3n) is 5.38. The van der Waals surface area contributed by atoms with E-state index >= 15 is 0 Å². The first-order chi connectivity index (χ1) is 10.7. The third kappa shape index (κ3) is 3.60. The zero-order valence-corrected chi connectivity index (χ0v) is 14.4. The second-order valence-corrected chi connectivity index (χ2v) is 7.05. The van der Waals surface area contributed by atoms with Crippen LogP contribution in [0.4, 0.5) is 5.82 Å². The van der Waals surface area contributed by atoms with Crippen molar-refractivity contribution in [2.24, 2.45) is 5.92 Å². The summed E-state index contributed by atoms with van der Waals surface area (Å²) in [6.45, 7) is 11.1. The number of nitrogens with zero attached hydrogens (tertiary/aromatic N) is 4. The van der Waals surface area contributed by atoms with E-state index in [1.165, 1.54) is 38.8 Å². The highest BCUT2D eigenvalue weighted by atomic mass is 15.3. The summed E-state index contributed by atoms with van der Waals surface area (Å²) in [6, 6.07) is 3.00. The molecule has 0 atom stereocenters. The molecule has 2 fully saturated rings. The average molecular weight is 302 g/mol. The fraction of sp³-hybridized carbons (Fsp3) is 0.778. The van der Waals surface area contributed by atoms with Gasteiger partial charge < -0.3 is 4.90 Å². The molecule has 122 valence electrons. The van der Waals surface area contributed by atoms with Gasteiger partial charge in [0, 0.05) is 44.0 Å². The molecule has 2 aliphatic rings. The Bertz CT molecular complexity index is 486. The van der Waals surface area contributed by atoms with Crippen LogP contribution in [0, 0.1) is 12.8 Å². The van der Waals surface area contributed by atoms with Gasteiger partial charge in [0.1, 0.15) is 11.6 Å². The quantitative estimate of drug-likeness (QED) is 0.859. The van der Waals surface area contributed by atoms with E-state index in [9.17, 15) is 0 Å². The molecule has 3 rings (SSSR count). The van der Waals surface area contributed by atoms with Crippen molar-refractivity contribution in [3.8, 4) is 0 Å². The molecule has 1 saturated carbocycles. The summed E-state index contributed by atoms with van der Waals surface area (Å²) >= 11 is 0. The number of hydrogen-bond acceptors (Lipinski definition) is 4. The van der Waals surface area contributed by atoms with E-state index in [1.807, 2.05) is 6.92 Å². The topological polar surface area (TPSA) is 32.3 Å². The summed E-state index contributed by atoms with van der Waals surface area (Å²) in [5.74, 6) is 2.97. The van der Waals surface area contributed by atoms with Crippen LogP contribution in [0.3, 0.4) is 0 Å². The smallest absolute Gasteiger partial charge is 0.132 e. The lowest BCUT2D eigenvalue weighted by Crippen LogP contribution is -2.51. The van der Waals surface area contributed by atoms with Crippen LogP contribution < -0.4 is 4.90 Å². The predicted molar refractivity (Wildman–Crippen MR) is 91.4 cm³/mol. The van der Waals surface area contributed by atoms with Gasteiger partial charge in [-0.25, -0.2) is 9.97 Å². The maximum absolute atomic E-state index is 4.65. The van der Waals surface area contributed by atoms with Gasteiger partial charge in [-0.05, 0) is 44.9 Å². The van der Waals surface area contributed by atoms with Crippen molar-refractivity contribution in [1.29, 1.82) is 0 Å². The summed E-state index contributed by atoms with van der Waals surface area (Å²) in [4.78, 5) is 14.3. The zero-order chi connectivity index (χ0) is 15.5. The molecule has 0 aromatic carbocycles. The van der Waals surface area contributed by atoms with Crippen molar-refractivity contribution in [3.63, 3.8) is 0 Å². The Morgan fingerprint density at radius 2 is 1.73 bits per heavy atom. The Balaban J connectivity index is 1.58. The van der Waals surface area contributed by atoms with Crippen molar-refractivity contribution in [2.75, 3.05) is 31.1 Å². The SMILES string of the molecule is CCc1cc(N2CCN(C3CCC(C)CC3)CC2)nc(C)n1. The molecule has 0 amide bonds. The average Bonchev–Trinajstić information content (AvgIpc) is 2.55. The minimum atomic E-state index is 0.830. The van der Waals surface area contributed by atoms with Crippen LogP contribution in [0.15, 0.2) is 6.07 Å². The van der Waals surface area contributed by atoms with E-state index in [0.717, 1.165) is 48.8 Å². The maximum Gasteiger partial charge on any atom is 0.132 e. The fourth-order valence-corrected chi connectivity index (χ4v) is 3.88. The molecule has 1 aliphatic carbocycles. The Morgan fingerprint density at radius 1 is 1.05 bits per heavy atom. The molecule has 2 heterocycles. The molecule has 0 spiro atoms. The molecule has 1 aromatic heterocycles. The summed E-state index contributed by atoms with van der Waals surface area (Å²) in [6.07, 6.45) is 6.60. The van der Waals surface area contributed by atoms with Crippen molar-refractivity contribution < 1.29 is 0 Å². The molecule has 4 nitrogen and oxygen atoms in total. The van der Waals surface area contributed by atoms with Gasteiger partial charge in [0.25, 0.3) is 0 Å². The van der Waals surface area contributed by atoms with Gasteiger partial charge in [0.05, 0.1) is 0 Å². The van der Waals surface area contributed by atoms with E-state index in [1.54, 1.807) is 0 Å². The molecule has 1 saturated heterocycles. The standard InChI is InChI=1S/C18H30N4/c1-4-16-13-18(20-15(3)19-16)22-11-9-21(10-12-22)17-7-5-14(2)6-8-17/h13-14,17H,4-12H2,1-3H3. The Hall–Kier alpha value is -1.16. The largest absolute Gasteiger partial charge is 0.354 e. The Labute approximate surface area is 134 Å². The predicted octanol–water partition coefficient (Wildman–Crippen LogP) is 3.05. The van der Waals surface area contributed by atoms with E-state index in [0.29, 0.717) is 0 Å². The second-order valence-electron chi connectivity index (χ2n) is 7.05. The molecule has 0 unspecified atom stereocenters. The first-order valence-corrected chi connectivity index (χ1v) is 8.99. The second kappa shape index (κ2) is 6.95. The first-order valence-electron chi connectivity index (χ1n) is 8.99. The molecule has 4 heteroatoms.